The predicted octanol–water partition coefficient (Wildman–Crippen LogP) is 6.83. The fourth-order valence-corrected chi connectivity index (χ4v) is 4.61. The highest BCUT2D eigenvalue weighted by atomic mass is 32.1. The van der Waals surface area contributed by atoms with Crippen LogP contribution in [0.25, 0.3) is 16.5 Å². The quantitative estimate of drug-likeness (QED) is 0.186. The Hall–Kier alpha value is -4.36. The van der Waals surface area contributed by atoms with Crippen LogP contribution in [0.3, 0.4) is 0 Å². The van der Waals surface area contributed by atoms with Crippen molar-refractivity contribution >= 4 is 34.3 Å². The Morgan fingerprint density at radius 1 is 0.919 bits per heavy atom. The molecule has 0 bridgehead atoms. The summed E-state index contributed by atoms with van der Waals surface area (Å²) in [6.07, 6.45) is 3.09. The molecule has 0 spiro atoms. The van der Waals surface area contributed by atoms with Crippen molar-refractivity contribution in [1.29, 1.82) is 0 Å². The van der Waals surface area contributed by atoms with Crippen LogP contribution in [-0.2, 0) is 16.1 Å². The van der Waals surface area contributed by atoms with E-state index in [1.54, 1.807) is 32.2 Å². The van der Waals surface area contributed by atoms with E-state index in [1.807, 2.05) is 72.8 Å². The van der Waals surface area contributed by atoms with Crippen LogP contribution in [0.15, 0.2) is 91.0 Å². The minimum atomic E-state index is -0.476. The summed E-state index contributed by atoms with van der Waals surface area (Å²) in [6.45, 7) is 2.41. The average Bonchev–Trinajstić information content (AvgIpc) is 3.36. The summed E-state index contributed by atoms with van der Waals surface area (Å²) >= 11 is 1.33. The summed E-state index contributed by atoms with van der Waals surface area (Å²) in [6, 6.07) is 26.7. The van der Waals surface area contributed by atoms with Gasteiger partial charge in [-0.3, -0.25) is 4.79 Å². The normalized spacial score (nSPS) is 10.8. The van der Waals surface area contributed by atoms with E-state index >= 15 is 0 Å². The number of thiophene rings is 1. The topological polar surface area (TPSA) is 73.9 Å². The van der Waals surface area contributed by atoms with Gasteiger partial charge in [-0.1, -0.05) is 66.7 Å². The van der Waals surface area contributed by atoms with E-state index in [0.717, 1.165) is 21.6 Å². The van der Waals surface area contributed by atoms with Crippen molar-refractivity contribution in [3.63, 3.8) is 0 Å². The van der Waals surface area contributed by atoms with Crippen LogP contribution in [0.4, 0.5) is 5.00 Å². The lowest BCUT2D eigenvalue weighted by Gasteiger charge is -2.11. The van der Waals surface area contributed by atoms with Crippen molar-refractivity contribution in [1.82, 2.24) is 0 Å². The number of hydrogen-bond acceptors (Lipinski definition) is 6. The second kappa shape index (κ2) is 12.6. The SMILES string of the molecule is CCOC(=O)c1cc(-c2ccccc2)sc1NC(=O)C=Cc1ccc(OCc2ccccc2)c(OC)c1. The Kier molecular flexibility index (Phi) is 8.73. The predicted molar refractivity (Wildman–Crippen MR) is 147 cm³/mol. The maximum absolute atomic E-state index is 12.7. The van der Waals surface area contributed by atoms with Gasteiger partial charge in [0.25, 0.3) is 0 Å². The number of amides is 1. The molecule has 6 nitrogen and oxygen atoms in total. The van der Waals surface area contributed by atoms with Crippen molar-refractivity contribution in [2.45, 2.75) is 13.5 Å². The number of nitrogens with one attached hydrogen (secondary N) is 1. The van der Waals surface area contributed by atoms with Crippen molar-refractivity contribution < 1.29 is 23.8 Å². The summed E-state index contributed by atoms with van der Waals surface area (Å²) in [4.78, 5) is 26.1. The summed E-state index contributed by atoms with van der Waals surface area (Å²) in [5.41, 5.74) is 3.10. The van der Waals surface area contributed by atoms with Crippen LogP contribution in [0.5, 0.6) is 11.5 Å². The molecule has 4 rings (SSSR count). The van der Waals surface area contributed by atoms with Gasteiger partial charge in [0.15, 0.2) is 11.5 Å². The van der Waals surface area contributed by atoms with Gasteiger partial charge in [-0.05, 0) is 47.9 Å². The van der Waals surface area contributed by atoms with Crippen molar-refractivity contribution in [2.75, 3.05) is 19.0 Å². The third-order valence-corrected chi connectivity index (χ3v) is 6.47. The second-order valence-corrected chi connectivity index (χ2v) is 9.00. The lowest BCUT2D eigenvalue weighted by molar-refractivity contribution is -0.111. The summed E-state index contributed by atoms with van der Waals surface area (Å²) in [7, 11) is 1.57. The Morgan fingerprint density at radius 3 is 2.35 bits per heavy atom. The van der Waals surface area contributed by atoms with Gasteiger partial charge in [0.1, 0.15) is 11.6 Å². The van der Waals surface area contributed by atoms with Crippen LogP contribution in [0.2, 0.25) is 0 Å². The summed E-state index contributed by atoms with van der Waals surface area (Å²) < 4.78 is 16.6. The number of carbonyl (C=O) groups excluding carboxylic acids is 2. The molecule has 0 aliphatic heterocycles. The van der Waals surface area contributed by atoms with E-state index in [2.05, 4.69) is 5.32 Å². The molecule has 0 aliphatic carbocycles. The Balaban J connectivity index is 1.47. The molecule has 1 N–H and O–H groups in total. The van der Waals surface area contributed by atoms with E-state index < -0.39 is 5.97 Å². The van der Waals surface area contributed by atoms with Crippen LogP contribution >= 0.6 is 11.3 Å². The standard InChI is InChI=1S/C30H27NO5S/c1-3-35-30(33)24-19-27(23-12-8-5-9-13-23)37-29(24)31-28(32)17-15-21-14-16-25(26(18-21)34-2)36-20-22-10-6-4-7-11-22/h4-19H,3,20H2,1-2H3,(H,31,32). The first-order valence-corrected chi connectivity index (χ1v) is 12.6. The highest BCUT2D eigenvalue weighted by Crippen LogP contribution is 2.36. The fourth-order valence-electron chi connectivity index (χ4n) is 3.56. The zero-order chi connectivity index (χ0) is 26.0. The van der Waals surface area contributed by atoms with Gasteiger partial charge in [0.05, 0.1) is 19.3 Å². The zero-order valence-corrected chi connectivity index (χ0v) is 21.4. The van der Waals surface area contributed by atoms with Gasteiger partial charge < -0.3 is 19.5 Å². The highest BCUT2D eigenvalue weighted by molar-refractivity contribution is 7.20. The van der Waals surface area contributed by atoms with Crippen LogP contribution in [0.1, 0.15) is 28.4 Å². The van der Waals surface area contributed by atoms with Gasteiger partial charge in [-0.15, -0.1) is 11.3 Å². The first kappa shape index (κ1) is 25.7. The molecule has 7 heteroatoms. The van der Waals surface area contributed by atoms with Crippen molar-refractivity contribution in [3.05, 3.63) is 108 Å². The number of hydrogen-bond donors (Lipinski definition) is 1. The van der Waals surface area contributed by atoms with Gasteiger partial charge in [0.2, 0.25) is 5.91 Å². The molecular formula is C30H27NO5S. The third kappa shape index (κ3) is 6.86. The number of esters is 1. The van der Waals surface area contributed by atoms with E-state index in [1.165, 1.54) is 17.4 Å². The highest BCUT2D eigenvalue weighted by Gasteiger charge is 2.19. The molecule has 0 atom stereocenters. The zero-order valence-electron chi connectivity index (χ0n) is 20.6. The number of methoxy groups -OCH3 is 1. The maximum atomic E-state index is 12.7. The van der Waals surface area contributed by atoms with Gasteiger partial charge in [-0.2, -0.15) is 0 Å². The van der Waals surface area contributed by atoms with Gasteiger partial charge in [-0.25, -0.2) is 4.79 Å². The van der Waals surface area contributed by atoms with E-state index in [0.29, 0.717) is 28.7 Å². The Bertz CT molecular complexity index is 1380. The Morgan fingerprint density at radius 2 is 1.65 bits per heavy atom. The first-order valence-electron chi connectivity index (χ1n) is 11.8. The van der Waals surface area contributed by atoms with Crippen LogP contribution < -0.4 is 14.8 Å². The van der Waals surface area contributed by atoms with E-state index in [4.69, 9.17) is 14.2 Å². The van der Waals surface area contributed by atoms with E-state index in [9.17, 15) is 9.59 Å². The maximum Gasteiger partial charge on any atom is 0.341 e. The molecule has 37 heavy (non-hydrogen) atoms. The molecular weight excluding hydrogens is 486 g/mol. The molecule has 0 saturated carbocycles. The molecule has 1 amide bonds. The monoisotopic (exact) mass is 513 g/mol. The summed E-state index contributed by atoms with van der Waals surface area (Å²) in [5, 5.41) is 3.26. The van der Waals surface area contributed by atoms with Gasteiger partial charge in [0, 0.05) is 11.0 Å². The molecule has 1 heterocycles. The molecule has 0 radical (unpaired) electrons. The molecule has 0 unspecified atom stereocenters. The first-order chi connectivity index (χ1) is 18.1. The number of benzene rings is 3. The minimum absolute atomic E-state index is 0.246. The Labute approximate surface area is 220 Å². The number of anilines is 1. The average molecular weight is 514 g/mol. The lowest BCUT2D eigenvalue weighted by atomic mass is 10.1. The molecule has 3 aromatic carbocycles. The van der Waals surface area contributed by atoms with Crippen LogP contribution in [-0.4, -0.2) is 25.6 Å². The number of ether oxygens (including phenoxy) is 3. The smallest absolute Gasteiger partial charge is 0.341 e. The van der Waals surface area contributed by atoms with Gasteiger partial charge >= 0.3 is 5.97 Å². The molecule has 0 aliphatic rings. The van der Waals surface area contributed by atoms with Crippen LogP contribution in [0, 0.1) is 0 Å². The molecule has 0 fully saturated rings. The second-order valence-electron chi connectivity index (χ2n) is 7.95. The number of carbonyl (C=O) groups is 2. The molecule has 4 aromatic rings. The van der Waals surface area contributed by atoms with Crippen molar-refractivity contribution in [2.24, 2.45) is 0 Å². The molecule has 1 aromatic heterocycles. The lowest BCUT2D eigenvalue weighted by Crippen LogP contribution is -2.11. The minimum Gasteiger partial charge on any atom is -0.493 e. The summed E-state index contributed by atoms with van der Waals surface area (Å²) in [5.74, 6) is 0.333. The third-order valence-electron chi connectivity index (χ3n) is 5.37. The van der Waals surface area contributed by atoms with Crippen molar-refractivity contribution in [3.8, 4) is 21.9 Å². The molecule has 0 saturated heterocycles. The van der Waals surface area contributed by atoms with E-state index in [-0.39, 0.29) is 12.5 Å². The fraction of sp³-hybridized carbons (Fsp3) is 0.133. The largest absolute Gasteiger partial charge is 0.493 e. The molecule has 188 valence electrons. The number of rotatable bonds is 10.